The van der Waals surface area contributed by atoms with Crippen molar-refractivity contribution in [2.75, 3.05) is 35.8 Å². The quantitative estimate of drug-likeness (QED) is 0.177. The van der Waals surface area contributed by atoms with Crippen LogP contribution in [0.2, 0.25) is 10.0 Å². The van der Waals surface area contributed by atoms with Gasteiger partial charge in [0.1, 0.15) is 6.54 Å². The molecule has 3 N–H and O–H groups in total. The van der Waals surface area contributed by atoms with E-state index in [1.165, 1.54) is 16.0 Å². The summed E-state index contributed by atoms with van der Waals surface area (Å²) in [4.78, 5) is 44.3. The van der Waals surface area contributed by atoms with Gasteiger partial charge in [-0.15, -0.1) is 0 Å². The molecule has 1 aliphatic rings. The number of carbonyl (C=O) groups excluding carboxylic acids is 3. The Morgan fingerprint density at radius 3 is 2.12 bits per heavy atom. The van der Waals surface area contributed by atoms with Gasteiger partial charge in [0.15, 0.2) is 6.17 Å². The average molecular weight is 613 g/mol. The lowest BCUT2D eigenvalue weighted by molar-refractivity contribution is -0.124. The summed E-state index contributed by atoms with van der Waals surface area (Å²) in [6.07, 6.45) is 0.262. The number of amides is 5. The van der Waals surface area contributed by atoms with E-state index in [4.69, 9.17) is 23.2 Å². The molecule has 4 rings (SSSR count). The van der Waals surface area contributed by atoms with Gasteiger partial charge >= 0.3 is 12.1 Å². The number of halogens is 2. The van der Waals surface area contributed by atoms with Crippen LogP contribution in [0.5, 0.6) is 0 Å². The molecule has 3 aromatic carbocycles. The summed E-state index contributed by atoms with van der Waals surface area (Å²) in [7, 11) is 3.87. The molecule has 0 unspecified atom stereocenters. The molecule has 1 fully saturated rings. The molecule has 0 spiro atoms. The molecule has 3 aromatic rings. The molecule has 0 aromatic heterocycles. The molecule has 220 valence electrons. The second kappa shape index (κ2) is 12.7. The molecule has 1 aliphatic heterocycles. The lowest BCUT2D eigenvalue weighted by Gasteiger charge is -2.38. The maximum Gasteiger partial charge on any atom is 0.347 e. The van der Waals surface area contributed by atoms with Crippen LogP contribution >= 0.6 is 23.2 Å². The lowest BCUT2D eigenvalue weighted by atomic mass is 9.99. The van der Waals surface area contributed by atoms with Gasteiger partial charge < -0.3 is 15.1 Å². The topological polar surface area (TPSA) is 121 Å². The van der Waals surface area contributed by atoms with Crippen LogP contribution < -0.4 is 20.5 Å². The summed E-state index contributed by atoms with van der Waals surface area (Å²) < 4.78 is 0. The van der Waals surface area contributed by atoms with Gasteiger partial charge in [0.2, 0.25) is 0 Å². The summed E-state index contributed by atoms with van der Waals surface area (Å²) in [5, 5.41) is 19.1. The third kappa shape index (κ3) is 6.76. The number of hydroxylamine groups is 2. The van der Waals surface area contributed by atoms with E-state index < -0.39 is 36.2 Å². The molecule has 1 saturated heterocycles. The van der Waals surface area contributed by atoms with Gasteiger partial charge in [-0.1, -0.05) is 35.3 Å². The highest BCUT2D eigenvalue weighted by Crippen LogP contribution is 2.38. The molecular weight excluding hydrogens is 581 g/mol. The number of hydrogen-bond donors (Lipinski definition) is 3. The number of urea groups is 2. The van der Waals surface area contributed by atoms with Crippen molar-refractivity contribution in [3.05, 3.63) is 88.4 Å². The fraction of sp³-hybridized carbons (Fsp3) is 0.241. The summed E-state index contributed by atoms with van der Waals surface area (Å²) in [6.45, 7) is 2.90. The zero-order valence-electron chi connectivity index (χ0n) is 23.5. The minimum absolute atomic E-state index is 0.364. The van der Waals surface area contributed by atoms with E-state index in [0.29, 0.717) is 26.5 Å². The third-order valence-electron chi connectivity index (χ3n) is 6.76. The van der Waals surface area contributed by atoms with Gasteiger partial charge in [-0.05, 0) is 80.1 Å². The summed E-state index contributed by atoms with van der Waals surface area (Å²) >= 11 is 12.0. The van der Waals surface area contributed by atoms with Crippen molar-refractivity contribution in [1.29, 1.82) is 0 Å². The summed E-state index contributed by atoms with van der Waals surface area (Å²) in [5.74, 6) is -0.565. The minimum Gasteiger partial charge on any atom is -0.378 e. The van der Waals surface area contributed by atoms with Crippen molar-refractivity contribution in [2.24, 2.45) is 5.10 Å². The number of rotatable bonds is 8. The Balaban J connectivity index is 1.54. The van der Waals surface area contributed by atoms with Crippen molar-refractivity contribution < 1.29 is 19.6 Å². The summed E-state index contributed by atoms with van der Waals surface area (Å²) in [6, 6.07) is 18.7. The molecule has 11 nitrogen and oxygen atoms in total. The van der Waals surface area contributed by atoms with E-state index >= 15 is 0 Å². The molecule has 0 aliphatic carbocycles. The van der Waals surface area contributed by atoms with Crippen LogP contribution in [0.4, 0.5) is 26.7 Å². The van der Waals surface area contributed by atoms with E-state index in [9.17, 15) is 19.6 Å². The first kappa shape index (κ1) is 30.6. The Labute approximate surface area is 253 Å². The maximum absolute atomic E-state index is 13.8. The predicted molar refractivity (Wildman–Crippen MR) is 165 cm³/mol. The first-order valence-electron chi connectivity index (χ1n) is 12.9. The molecule has 1 atom stereocenters. The highest BCUT2D eigenvalue weighted by atomic mass is 35.5. The molecule has 42 heavy (non-hydrogen) atoms. The van der Waals surface area contributed by atoms with Crippen molar-refractivity contribution in [3.8, 4) is 0 Å². The van der Waals surface area contributed by atoms with Crippen LogP contribution in [0.1, 0.15) is 19.4 Å². The van der Waals surface area contributed by atoms with Gasteiger partial charge in [-0.3, -0.25) is 14.9 Å². The fourth-order valence-electron chi connectivity index (χ4n) is 4.51. The van der Waals surface area contributed by atoms with Crippen LogP contribution in [0.3, 0.4) is 0 Å². The van der Waals surface area contributed by atoms with E-state index in [0.717, 1.165) is 11.3 Å². The first-order valence-corrected chi connectivity index (χ1v) is 13.6. The molecule has 0 bridgehead atoms. The van der Waals surface area contributed by atoms with Gasteiger partial charge in [0.05, 0.1) is 11.8 Å². The number of hydrogen-bond acceptors (Lipinski definition) is 6. The fourth-order valence-corrected chi connectivity index (χ4v) is 4.76. The number of hydrazone groups is 1. The van der Waals surface area contributed by atoms with Crippen LogP contribution in [-0.4, -0.2) is 71.7 Å². The second-order valence-corrected chi connectivity index (χ2v) is 11.2. The molecular formula is C29H31Cl2N7O4. The minimum atomic E-state index is -1.24. The van der Waals surface area contributed by atoms with Gasteiger partial charge in [-0.25, -0.2) is 15.0 Å². The Bertz CT molecular complexity index is 1460. The molecule has 0 saturated carbocycles. The van der Waals surface area contributed by atoms with E-state index in [1.807, 2.05) is 43.3 Å². The molecule has 0 radical (unpaired) electrons. The average Bonchev–Trinajstić information content (AvgIpc) is 3.14. The van der Waals surface area contributed by atoms with Crippen LogP contribution in [0.25, 0.3) is 0 Å². The lowest BCUT2D eigenvalue weighted by Crippen LogP contribution is -2.58. The summed E-state index contributed by atoms with van der Waals surface area (Å²) in [5.41, 5.74) is 3.74. The zero-order chi connectivity index (χ0) is 30.6. The number of nitrogens with zero attached hydrogens (tertiary/aromatic N) is 5. The largest absolute Gasteiger partial charge is 0.378 e. The van der Waals surface area contributed by atoms with Crippen molar-refractivity contribution in [1.82, 2.24) is 15.4 Å². The number of nitrogens with one attached hydrogen (secondary N) is 2. The Hall–Kier alpha value is -4.32. The van der Waals surface area contributed by atoms with E-state index in [-0.39, 0.29) is 0 Å². The van der Waals surface area contributed by atoms with Crippen LogP contribution in [0, 0.1) is 0 Å². The SMILES string of the molecule is CN(C)c1ccc(/C=N/NC(=O)CN2C(=O)N(c3ccc(Cl)cc3)[C@@H](N(O)C(=O)Nc3ccc(Cl)cc3)C2(C)C)cc1. The Morgan fingerprint density at radius 1 is 0.976 bits per heavy atom. The second-order valence-electron chi connectivity index (χ2n) is 10.3. The van der Waals surface area contributed by atoms with Gasteiger partial charge in [-0.2, -0.15) is 10.2 Å². The van der Waals surface area contributed by atoms with Crippen molar-refractivity contribution in [3.63, 3.8) is 0 Å². The normalized spacial score (nSPS) is 16.1. The predicted octanol–water partition coefficient (Wildman–Crippen LogP) is 5.48. The van der Waals surface area contributed by atoms with Crippen LogP contribution in [-0.2, 0) is 4.79 Å². The molecule has 1 heterocycles. The number of benzene rings is 3. The first-order chi connectivity index (χ1) is 19.9. The smallest absolute Gasteiger partial charge is 0.347 e. The Kier molecular flexibility index (Phi) is 9.25. The zero-order valence-corrected chi connectivity index (χ0v) is 25.0. The number of anilines is 3. The van der Waals surface area contributed by atoms with Crippen molar-refractivity contribution in [2.45, 2.75) is 25.6 Å². The third-order valence-corrected chi connectivity index (χ3v) is 7.27. The van der Waals surface area contributed by atoms with Crippen molar-refractivity contribution >= 4 is 64.4 Å². The van der Waals surface area contributed by atoms with E-state index in [2.05, 4.69) is 15.8 Å². The number of carbonyl (C=O) groups is 3. The Morgan fingerprint density at radius 2 is 1.55 bits per heavy atom. The molecule has 5 amide bonds. The monoisotopic (exact) mass is 611 g/mol. The van der Waals surface area contributed by atoms with Gasteiger partial charge in [0, 0.05) is 41.2 Å². The molecule has 13 heteroatoms. The van der Waals surface area contributed by atoms with Crippen LogP contribution in [0.15, 0.2) is 77.9 Å². The highest BCUT2D eigenvalue weighted by molar-refractivity contribution is 6.31. The van der Waals surface area contributed by atoms with E-state index in [1.54, 1.807) is 62.4 Å². The standard InChI is InChI=1S/C29H31Cl2N7O4/c1-29(2)26(38(42)27(40)33-22-11-7-20(30)8-12-22)37(24-15-9-21(31)10-16-24)28(41)36(29)18-25(39)34-32-17-19-5-13-23(14-6-19)35(3)4/h5-17,26,42H,18H2,1-4H3,(H,33,40)(H,34,39)/b32-17+/t26-/m0/s1. The maximum atomic E-state index is 13.8. The van der Waals surface area contributed by atoms with Gasteiger partial charge in [0.25, 0.3) is 5.91 Å². The highest BCUT2D eigenvalue weighted by Gasteiger charge is 2.56.